The first-order valence-electron chi connectivity index (χ1n) is 5.71. The van der Waals surface area contributed by atoms with Gasteiger partial charge in [0.2, 0.25) is 5.91 Å². The maximum atomic E-state index is 10.7. The van der Waals surface area contributed by atoms with Crippen molar-refractivity contribution < 1.29 is 4.79 Å². The molecule has 0 spiro atoms. The van der Waals surface area contributed by atoms with Crippen LogP contribution >= 0.6 is 11.6 Å². The second-order valence-corrected chi connectivity index (χ2v) is 4.22. The molecule has 0 fully saturated rings. The molecule has 0 saturated heterocycles. The molecule has 0 aromatic carbocycles. The van der Waals surface area contributed by atoms with E-state index >= 15 is 0 Å². The van der Waals surface area contributed by atoms with Crippen LogP contribution in [-0.2, 0) is 24.8 Å². The molecule has 96 valence electrons. The van der Waals surface area contributed by atoms with Gasteiger partial charge in [-0.05, 0) is 6.42 Å². The lowest BCUT2D eigenvalue weighted by Gasteiger charge is -2.06. The molecule has 1 rings (SSSR count). The second kappa shape index (κ2) is 6.61. The molecule has 1 aromatic heterocycles. The molecule has 1 heterocycles. The van der Waals surface area contributed by atoms with Crippen molar-refractivity contribution in [2.75, 3.05) is 13.1 Å². The van der Waals surface area contributed by atoms with E-state index in [0.717, 1.165) is 22.8 Å². The molecule has 2 N–H and O–H groups in total. The monoisotopic (exact) mass is 258 g/mol. The molecule has 0 radical (unpaired) electrons. The topological polar surface area (TPSA) is 59.0 Å². The number of hydrogen-bond donors (Lipinski definition) is 2. The maximum Gasteiger partial charge on any atom is 0.216 e. The van der Waals surface area contributed by atoms with Crippen LogP contribution in [0.25, 0.3) is 0 Å². The summed E-state index contributed by atoms with van der Waals surface area (Å²) in [7, 11) is 1.88. The molecule has 6 heteroatoms. The van der Waals surface area contributed by atoms with Crippen LogP contribution < -0.4 is 10.6 Å². The Morgan fingerprint density at radius 1 is 1.47 bits per heavy atom. The van der Waals surface area contributed by atoms with Gasteiger partial charge in [-0.1, -0.05) is 18.5 Å². The Labute approximate surface area is 107 Å². The average Bonchev–Trinajstić information content (AvgIpc) is 2.54. The Morgan fingerprint density at radius 3 is 2.71 bits per heavy atom. The van der Waals surface area contributed by atoms with Crippen LogP contribution in [-0.4, -0.2) is 28.8 Å². The summed E-state index contributed by atoms with van der Waals surface area (Å²) in [5.74, 6) is -0.0152. The molecule has 17 heavy (non-hydrogen) atoms. The van der Waals surface area contributed by atoms with Crippen molar-refractivity contribution in [2.45, 2.75) is 26.8 Å². The number of aryl methyl sites for hydroxylation is 2. The van der Waals surface area contributed by atoms with Gasteiger partial charge in [0.25, 0.3) is 0 Å². The van der Waals surface area contributed by atoms with Crippen molar-refractivity contribution in [3.63, 3.8) is 0 Å². The molecule has 0 aliphatic rings. The second-order valence-electron chi connectivity index (χ2n) is 3.84. The van der Waals surface area contributed by atoms with Gasteiger partial charge in [-0.3, -0.25) is 9.48 Å². The highest BCUT2D eigenvalue weighted by atomic mass is 35.5. The maximum absolute atomic E-state index is 10.7. The van der Waals surface area contributed by atoms with E-state index in [1.165, 1.54) is 6.92 Å². The number of nitrogens with one attached hydrogen (secondary N) is 2. The lowest BCUT2D eigenvalue weighted by molar-refractivity contribution is -0.118. The Balaban J connectivity index is 2.41. The zero-order valence-corrected chi connectivity index (χ0v) is 11.3. The smallest absolute Gasteiger partial charge is 0.216 e. The van der Waals surface area contributed by atoms with Crippen LogP contribution in [0.4, 0.5) is 0 Å². The molecule has 0 atom stereocenters. The highest BCUT2D eigenvalue weighted by molar-refractivity contribution is 6.31. The molecular formula is C11H19ClN4O. The lowest BCUT2D eigenvalue weighted by Crippen LogP contribution is -2.30. The summed E-state index contributed by atoms with van der Waals surface area (Å²) in [6, 6.07) is 0. The first-order valence-corrected chi connectivity index (χ1v) is 6.09. The molecule has 0 saturated carbocycles. The van der Waals surface area contributed by atoms with Gasteiger partial charge in [-0.25, -0.2) is 0 Å². The van der Waals surface area contributed by atoms with Gasteiger partial charge in [0.15, 0.2) is 0 Å². The SMILES string of the molecule is CCc1nn(C)c(CNCCNC(C)=O)c1Cl. The van der Waals surface area contributed by atoms with E-state index < -0.39 is 0 Å². The molecule has 0 aliphatic carbocycles. The Hall–Kier alpha value is -1.07. The number of hydrogen-bond acceptors (Lipinski definition) is 3. The standard InChI is InChI=1S/C11H19ClN4O/c1-4-9-11(12)10(16(3)15-9)7-13-5-6-14-8(2)17/h13H,4-7H2,1-3H3,(H,14,17). The highest BCUT2D eigenvalue weighted by Crippen LogP contribution is 2.20. The van der Waals surface area contributed by atoms with E-state index in [-0.39, 0.29) is 5.91 Å². The van der Waals surface area contributed by atoms with Crippen LogP contribution in [0.3, 0.4) is 0 Å². The first-order chi connectivity index (χ1) is 8.06. The fourth-order valence-electron chi connectivity index (χ4n) is 1.55. The summed E-state index contributed by atoms with van der Waals surface area (Å²) in [5.41, 5.74) is 1.90. The average molecular weight is 259 g/mol. The predicted molar refractivity (Wildman–Crippen MR) is 68.0 cm³/mol. The summed E-state index contributed by atoms with van der Waals surface area (Å²) in [5, 5.41) is 11.0. The number of aromatic nitrogens is 2. The van der Waals surface area contributed by atoms with Crippen molar-refractivity contribution in [1.82, 2.24) is 20.4 Å². The number of carbonyl (C=O) groups is 1. The van der Waals surface area contributed by atoms with Crippen LogP contribution in [0.1, 0.15) is 25.2 Å². The van der Waals surface area contributed by atoms with Gasteiger partial charge in [0.05, 0.1) is 16.4 Å². The van der Waals surface area contributed by atoms with Crippen molar-refractivity contribution >= 4 is 17.5 Å². The molecule has 1 aromatic rings. The van der Waals surface area contributed by atoms with E-state index in [2.05, 4.69) is 15.7 Å². The van der Waals surface area contributed by atoms with Crippen molar-refractivity contribution in [3.05, 3.63) is 16.4 Å². The Morgan fingerprint density at radius 2 is 2.18 bits per heavy atom. The van der Waals surface area contributed by atoms with E-state index in [9.17, 15) is 4.79 Å². The van der Waals surface area contributed by atoms with E-state index in [0.29, 0.717) is 19.6 Å². The summed E-state index contributed by atoms with van der Waals surface area (Å²) in [6.07, 6.45) is 0.832. The summed E-state index contributed by atoms with van der Waals surface area (Å²) >= 11 is 6.20. The van der Waals surface area contributed by atoms with Crippen LogP contribution in [0.2, 0.25) is 5.02 Å². The molecule has 0 unspecified atom stereocenters. The van der Waals surface area contributed by atoms with Gasteiger partial charge in [0.1, 0.15) is 0 Å². The van der Waals surface area contributed by atoms with Gasteiger partial charge >= 0.3 is 0 Å². The number of amides is 1. The quantitative estimate of drug-likeness (QED) is 0.745. The summed E-state index contributed by atoms with van der Waals surface area (Å²) in [6.45, 7) is 5.52. The third-order valence-corrected chi connectivity index (χ3v) is 2.91. The van der Waals surface area contributed by atoms with Gasteiger partial charge in [-0.2, -0.15) is 5.10 Å². The number of carbonyl (C=O) groups excluding carboxylic acids is 1. The zero-order valence-electron chi connectivity index (χ0n) is 10.5. The molecule has 1 amide bonds. The van der Waals surface area contributed by atoms with Gasteiger partial charge in [-0.15, -0.1) is 0 Å². The largest absolute Gasteiger partial charge is 0.355 e. The fraction of sp³-hybridized carbons (Fsp3) is 0.636. The minimum atomic E-state index is -0.0152. The first kappa shape index (κ1) is 14.0. The van der Waals surface area contributed by atoms with Crippen molar-refractivity contribution in [1.29, 1.82) is 0 Å². The normalized spacial score (nSPS) is 10.6. The highest BCUT2D eigenvalue weighted by Gasteiger charge is 2.11. The third-order valence-electron chi connectivity index (χ3n) is 2.47. The minimum absolute atomic E-state index is 0.0152. The zero-order chi connectivity index (χ0) is 12.8. The molecule has 5 nitrogen and oxygen atoms in total. The van der Waals surface area contributed by atoms with E-state index in [1.807, 2.05) is 14.0 Å². The Kier molecular flexibility index (Phi) is 5.44. The van der Waals surface area contributed by atoms with Crippen LogP contribution in [0.5, 0.6) is 0 Å². The molecule has 0 bridgehead atoms. The number of halogens is 1. The van der Waals surface area contributed by atoms with Crippen molar-refractivity contribution in [2.24, 2.45) is 7.05 Å². The lowest BCUT2D eigenvalue weighted by atomic mass is 10.3. The molecular weight excluding hydrogens is 240 g/mol. The number of nitrogens with zero attached hydrogens (tertiary/aromatic N) is 2. The summed E-state index contributed by atoms with van der Waals surface area (Å²) in [4.78, 5) is 10.7. The van der Waals surface area contributed by atoms with Crippen molar-refractivity contribution in [3.8, 4) is 0 Å². The van der Waals surface area contributed by atoms with Crippen LogP contribution in [0.15, 0.2) is 0 Å². The Bertz CT molecular complexity index is 389. The van der Waals surface area contributed by atoms with E-state index in [4.69, 9.17) is 11.6 Å². The third kappa shape index (κ3) is 4.02. The minimum Gasteiger partial charge on any atom is -0.355 e. The van der Waals surface area contributed by atoms with E-state index in [1.54, 1.807) is 4.68 Å². The van der Waals surface area contributed by atoms with Gasteiger partial charge < -0.3 is 10.6 Å². The molecule has 0 aliphatic heterocycles. The predicted octanol–water partition coefficient (Wildman–Crippen LogP) is 0.862. The number of rotatable bonds is 6. The summed E-state index contributed by atoms with van der Waals surface area (Å²) < 4.78 is 1.80. The fourth-order valence-corrected chi connectivity index (χ4v) is 1.91. The van der Waals surface area contributed by atoms with Crippen LogP contribution in [0, 0.1) is 0 Å². The van der Waals surface area contributed by atoms with Gasteiger partial charge in [0, 0.05) is 33.6 Å².